The minimum atomic E-state index is -0.809. The Hall–Kier alpha value is -3.00. The fraction of sp³-hybridized carbons (Fsp3) is 0.444. The number of carboxylic acids is 1. The summed E-state index contributed by atoms with van der Waals surface area (Å²) in [4.78, 5) is 36.7. The Labute approximate surface area is 210 Å². The number of thioether (sulfide) groups is 1. The van der Waals surface area contributed by atoms with Gasteiger partial charge in [0, 0.05) is 18.4 Å². The van der Waals surface area contributed by atoms with E-state index in [0.29, 0.717) is 18.6 Å². The number of carbonyl (C=O) groups is 3. The Morgan fingerprint density at radius 3 is 2.34 bits per heavy atom. The second-order valence-corrected chi connectivity index (χ2v) is 10.3. The van der Waals surface area contributed by atoms with E-state index in [0.717, 1.165) is 35.1 Å². The molecule has 3 atom stereocenters. The lowest BCUT2D eigenvalue weighted by atomic mass is 9.98. The third-order valence-electron chi connectivity index (χ3n) is 6.91. The van der Waals surface area contributed by atoms with E-state index in [9.17, 15) is 14.4 Å². The largest absolute Gasteiger partial charge is 0.481 e. The van der Waals surface area contributed by atoms with Crippen molar-refractivity contribution in [3.63, 3.8) is 0 Å². The number of hydrogen-bond acceptors (Lipinski definition) is 5. The molecule has 7 nitrogen and oxygen atoms in total. The van der Waals surface area contributed by atoms with E-state index in [4.69, 9.17) is 9.84 Å². The molecule has 0 heterocycles. The van der Waals surface area contributed by atoms with Crippen molar-refractivity contribution >= 4 is 29.7 Å². The molecule has 2 aromatic rings. The smallest absolute Gasteiger partial charge is 0.407 e. The van der Waals surface area contributed by atoms with Crippen molar-refractivity contribution in [2.24, 2.45) is 5.92 Å². The molecular weight excluding hydrogens is 464 g/mol. The van der Waals surface area contributed by atoms with Crippen molar-refractivity contribution in [2.45, 2.75) is 50.1 Å². The first-order valence-electron chi connectivity index (χ1n) is 12.1. The lowest BCUT2D eigenvalue weighted by molar-refractivity contribution is -0.138. The Morgan fingerprint density at radius 2 is 1.71 bits per heavy atom. The molecule has 0 radical (unpaired) electrons. The Morgan fingerprint density at radius 1 is 1.06 bits per heavy atom. The molecule has 0 aliphatic heterocycles. The molecule has 0 spiro atoms. The summed E-state index contributed by atoms with van der Waals surface area (Å²) < 4.78 is 5.63. The van der Waals surface area contributed by atoms with Gasteiger partial charge in [-0.15, -0.1) is 0 Å². The van der Waals surface area contributed by atoms with Crippen LogP contribution in [0.2, 0.25) is 0 Å². The van der Waals surface area contributed by atoms with Crippen molar-refractivity contribution in [3.8, 4) is 11.1 Å². The van der Waals surface area contributed by atoms with Crippen molar-refractivity contribution in [2.75, 3.05) is 18.6 Å². The molecule has 4 rings (SSSR count). The second-order valence-electron chi connectivity index (χ2n) is 9.29. The molecule has 0 saturated heterocycles. The Bertz CT molecular complexity index is 1030. The van der Waals surface area contributed by atoms with Crippen LogP contribution in [0.5, 0.6) is 0 Å². The summed E-state index contributed by atoms with van der Waals surface area (Å²) >= 11 is 1.61. The van der Waals surface area contributed by atoms with Crippen LogP contribution in [0.1, 0.15) is 49.1 Å². The Kier molecular flexibility index (Phi) is 8.33. The average Bonchev–Trinajstić information content (AvgIpc) is 3.41. The third-order valence-corrected chi connectivity index (χ3v) is 7.56. The van der Waals surface area contributed by atoms with Crippen molar-refractivity contribution in [3.05, 3.63) is 59.7 Å². The van der Waals surface area contributed by atoms with E-state index in [1.165, 1.54) is 0 Å². The van der Waals surface area contributed by atoms with Crippen molar-refractivity contribution in [1.29, 1.82) is 0 Å². The van der Waals surface area contributed by atoms with E-state index in [1.54, 1.807) is 11.8 Å². The normalized spacial score (nSPS) is 19.5. The number of hydrogen-bond donors (Lipinski definition) is 3. The van der Waals surface area contributed by atoms with Crippen LogP contribution in [0.3, 0.4) is 0 Å². The summed E-state index contributed by atoms with van der Waals surface area (Å²) in [6.45, 7) is 0.191. The number of ether oxygens (including phenoxy) is 1. The summed E-state index contributed by atoms with van der Waals surface area (Å²) in [7, 11) is 0. The zero-order valence-electron chi connectivity index (χ0n) is 19.9. The lowest BCUT2D eigenvalue weighted by Gasteiger charge is -2.21. The number of rotatable bonds is 10. The highest BCUT2D eigenvalue weighted by Crippen LogP contribution is 2.44. The molecule has 0 aromatic heterocycles. The lowest BCUT2D eigenvalue weighted by Crippen LogP contribution is -2.49. The summed E-state index contributed by atoms with van der Waals surface area (Å²) in [5.41, 5.74) is 4.59. The van der Waals surface area contributed by atoms with Crippen LogP contribution in [0.4, 0.5) is 4.79 Å². The number of fused-ring (bicyclic) bond motifs is 3. The number of benzene rings is 2. The number of carbonyl (C=O) groups excluding carboxylic acids is 2. The summed E-state index contributed by atoms with van der Waals surface area (Å²) in [5.74, 6) is -0.298. The maximum Gasteiger partial charge on any atom is 0.407 e. The van der Waals surface area contributed by atoms with Crippen LogP contribution in [0, 0.1) is 5.92 Å². The number of carboxylic acid groups (broad SMARTS) is 1. The molecular formula is C27H32N2O5S. The van der Waals surface area contributed by atoms with Crippen LogP contribution < -0.4 is 10.6 Å². The van der Waals surface area contributed by atoms with Gasteiger partial charge in [-0.25, -0.2) is 4.79 Å². The summed E-state index contributed by atoms with van der Waals surface area (Å²) in [6, 6.07) is 15.5. The highest BCUT2D eigenvalue weighted by atomic mass is 32.2. The van der Waals surface area contributed by atoms with Gasteiger partial charge < -0.3 is 20.5 Å². The zero-order valence-corrected chi connectivity index (χ0v) is 20.7. The monoisotopic (exact) mass is 496 g/mol. The minimum absolute atomic E-state index is 0.0451. The molecule has 2 aromatic carbocycles. The first-order chi connectivity index (χ1) is 17.0. The van der Waals surface area contributed by atoms with E-state index in [2.05, 4.69) is 34.9 Å². The number of alkyl carbamates (subject to hydrolysis) is 1. The number of amides is 2. The molecule has 2 aliphatic carbocycles. The topological polar surface area (TPSA) is 105 Å². The van der Waals surface area contributed by atoms with Crippen molar-refractivity contribution < 1.29 is 24.2 Å². The standard InChI is InChI=1S/C27H32N2O5S/c1-35-13-12-24(26(32)28-18-11-10-17(14-18)15-25(30)31)29-27(33)34-16-23-21-8-4-2-6-19(21)20-7-3-5-9-22(20)23/h2-9,17-18,23-24H,10-16H2,1H3,(H,28,32)(H,29,33)(H,30,31). The van der Waals surface area contributed by atoms with E-state index < -0.39 is 18.1 Å². The van der Waals surface area contributed by atoms with Crippen LogP contribution in [0.25, 0.3) is 11.1 Å². The molecule has 35 heavy (non-hydrogen) atoms. The summed E-state index contributed by atoms with van der Waals surface area (Å²) in [6.07, 6.45) is 4.15. The van der Waals surface area contributed by atoms with Gasteiger partial charge in [-0.2, -0.15) is 11.8 Å². The molecule has 3 N–H and O–H groups in total. The first kappa shape index (κ1) is 25.1. The molecule has 0 bridgehead atoms. The first-order valence-corrected chi connectivity index (χ1v) is 13.5. The van der Waals surface area contributed by atoms with Gasteiger partial charge in [-0.1, -0.05) is 48.5 Å². The van der Waals surface area contributed by atoms with Gasteiger partial charge >= 0.3 is 12.1 Å². The van der Waals surface area contributed by atoms with E-state index in [1.807, 2.05) is 30.5 Å². The maximum absolute atomic E-state index is 13.0. The third kappa shape index (κ3) is 6.17. The van der Waals surface area contributed by atoms with E-state index in [-0.39, 0.29) is 36.8 Å². The predicted molar refractivity (Wildman–Crippen MR) is 137 cm³/mol. The van der Waals surface area contributed by atoms with Crippen LogP contribution in [0.15, 0.2) is 48.5 Å². The highest BCUT2D eigenvalue weighted by molar-refractivity contribution is 7.98. The molecule has 1 fully saturated rings. The van der Waals surface area contributed by atoms with Gasteiger partial charge in [-0.3, -0.25) is 9.59 Å². The Balaban J connectivity index is 1.34. The highest BCUT2D eigenvalue weighted by Gasteiger charge is 2.32. The zero-order chi connectivity index (χ0) is 24.8. The van der Waals surface area contributed by atoms with Crippen molar-refractivity contribution in [1.82, 2.24) is 10.6 Å². The predicted octanol–water partition coefficient (Wildman–Crippen LogP) is 4.41. The molecule has 2 aliphatic rings. The van der Waals surface area contributed by atoms with Gasteiger partial charge in [-0.05, 0) is 65.9 Å². The molecule has 2 amide bonds. The van der Waals surface area contributed by atoms with Gasteiger partial charge in [0.2, 0.25) is 5.91 Å². The molecule has 3 unspecified atom stereocenters. The molecule has 1 saturated carbocycles. The fourth-order valence-corrected chi connectivity index (χ4v) is 5.70. The molecule has 8 heteroatoms. The van der Waals surface area contributed by atoms with Crippen LogP contribution in [-0.2, 0) is 14.3 Å². The minimum Gasteiger partial charge on any atom is -0.481 e. The molecule has 186 valence electrons. The maximum atomic E-state index is 13.0. The number of aliphatic carboxylic acids is 1. The average molecular weight is 497 g/mol. The van der Waals surface area contributed by atoms with Gasteiger partial charge in [0.15, 0.2) is 0 Å². The SMILES string of the molecule is CSCCC(NC(=O)OCC1c2ccccc2-c2ccccc21)C(=O)NC1CCC(CC(=O)O)C1. The van der Waals surface area contributed by atoms with Crippen LogP contribution in [-0.4, -0.2) is 53.8 Å². The quantitative estimate of drug-likeness (QED) is 0.450. The van der Waals surface area contributed by atoms with Crippen LogP contribution >= 0.6 is 11.8 Å². The van der Waals surface area contributed by atoms with E-state index >= 15 is 0 Å². The summed E-state index contributed by atoms with van der Waals surface area (Å²) in [5, 5.41) is 14.8. The van der Waals surface area contributed by atoms with Gasteiger partial charge in [0.25, 0.3) is 0 Å². The number of nitrogens with one attached hydrogen (secondary N) is 2. The van der Waals surface area contributed by atoms with Gasteiger partial charge in [0.05, 0.1) is 0 Å². The van der Waals surface area contributed by atoms with Gasteiger partial charge in [0.1, 0.15) is 12.6 Å². The fourth-order valence-electron chi connectivity index (χ4n) is 5.23. The second kappa shape index (κ2) is 11.6.